The number of anilines is 2. The summed E-state index contributed by atoms with van der Waals surface area (Å²) in [6, 6.07) is 11.8. The lowest BCUT2D eigenvalue weighted by molar-refractivity contribution is 0.101. The zero-order valence-corrected chi connectivity index (χ0v) is 17.5. The highest BCUT2D eigenvalue weighted by Gasteiger charge is 2.20. The maximum atomic E-state index is 11.4. The van der Waals surface area contributed by atoms with Gasteiger partial charge in [0.2, 0.25) is 0 Å². The van der Waals surface area contributed by atoms with Crippen molar-refractivity contribution >= 4 is 46.1 Å². The van der Waals surface area contributed by atoms with Crippen LogP contribution in [0.3, 0.4) is 0 Å². The molecular weight excluding hydrogens is 378 g/mol. The van der Waals surface area contributed by atoms with Gasteiger partial charge >= 0.3 is 0 Å². The van der Waals surface area contributed by atoms with E-state index in [-0.39, 0.29) is 5.78 Å². The summed E-state index contributed by atoms with van der Waals surface area (Å²) in [7, 11) is 0. The quantitative estimate of drug-likeness (QED) is 0.596. The number of hydrogen-bond donors (Lipinski definition) is 1. The minimum atomic E-state index is 0.0906. The molecule has 27 heavy (non-hydrogen) atoms. The Hall–Kier alpha value is -2.11. The number of Topliss-reactive ketones (excluding diaryl/α,β-unsaturated/α-hetero) is 1. The number of piperazine rings is 1. The van der Waals surface area contributed by atoms with Crippen LogP contribution in [0.2, 0.25) is 5.02 Å². The topological polar surface area (TPSA) is 35.6 Å². The van der Waals surface area contributed by atoms with Gasteiger partial charge in [-0.3, -0.25) is 4.79 Å². The molecule has 2 aromatic rings. The number of carbonyl (C=O) groups is 1. The zero-order valence-electron chi connectivity index (χ0n) is 15.9. The van der Waals surface area contributed by atoms with E-state index in [0.717, 1.165) is 54.2 Å². The number of benzene rings is 2. The summed E-state index contributed by atoms with van der Waals surface area (Å²) < 4.78 is 0. The smallest absolute Gasteiger partial charge is 0.173 e. The molecule has 3 rings (SSSR count). The first-order chi connectivity index (χ1) is 12.8. The van der Waals surface area contributed by atoms with Crippen molar-refractivity contribution in [3.05, 3.63) is 58.1 Å². The zero-order chi connectivity index (χ0) is 19.6. The third-order valence-electron chi connectivity index (χ3n) is 4.87. The van der Waals surface area contributed by atoms with Crippen molar-refractivity contribution < 1.29 is 4.79 Å². The molecule has 1 aliphatic rings. The molecule has 2 aromatic carbocycles. The summed E-state index contributed by atoms with van der Waals surface area (Å²) in [4.78, 5) is 15.9. The third-order valence-corrected chi connectivity index (χ3v) is 5.53. The lowest BCUT2D eigenvalue weighted by Gasteiger charge is -2.37. The molecular formula is C21H24ClN3OS. The highest BCUT2D eigenvalue weighted by Crippen LogP contribution is 2.28. The molecule has 1 saturated heterocycles. The fraction of sp³-hybridized carbons (Fsp3) is 0.333. The number of thiocarbonyl (C=S) groups is 1. The first kappa shape index (κ1) is 19.6. The van der Waals surface area contributed by atoms with Crippen molar-refractivity contribution in [3.8, 4) is 0 Å². The van der Waals surface area contributed by atoms with Crippen LogP contribution in [-0.4, -0.2) is 42.0 Å². The molecule has 0 spiro atoms. The Morgan fingerprint density at radius 3 is 2.26 bits per heavy atom. The standard InChI is InChI=1S/C21H24ClN3OS/c1-14-12-15(2)20(19(22)13-14)23-21(27)25-10-8-24(9-11-25)18-6-4-17(5-7-18)16(3)26/h4-7,12-13H,8-11H2,1-3H3,(H,23,27). The molecule has 1 aliphatic heterocycles. The van der Waals surface area contributed by atoms with Crippen molar-refractivity contribution in [2.45, 2.75) is 20.8 Å². The van der Waals surface area contributed by atoms with E-state index in [2.05, 4.69) is 21.2 Å². The minimum absolute atomic E-state index is 0.0906. The van der Waals surface area contributed by atoms with Gasteiger partial charge in [-0.05, 0) is 74.4 Å². The van der Waals surface area contributed by atoms with Gasteiger partial charge in [-0.1, -0.05) is 17.7 Å². The van der Waals surface area contributed by atoms with E-state index in [1.807, 2.05) is 44.2 Å². The molecule has 0 saturated carbocycles. The summed E-state index contributed by atoms with van der Waals surface area (Å²) >= 11 is 12.0. The van der Waals surface area contributed by atoms with Crippen LogP contribution >= 0.6 is 23.8 Å². The summed E-state index contributed by atoms with van der Waals surface area (Å²) in [5.41, 5.74) is 4.99. The molecule has 0 bridgehead atoms. The van der Waals surface area contributed by atoms with Gasteiger partial charge in [-0.25, -0.2) is 0 Å². The number of ketones is 1. The molecule has 0 radical (unpaired) electrons. The Morgan fingerprint density at radius 1 is 1.07 bits per heavy atom. The fourth-order valence-electron chi connectivity index (χ4n) is 3.33. The largest absolute Gasteiger partial charge is 0.368 e. The van der Waals surface area contributed by atoms with Gasteiger partial charge < -0.3 is 15.1 Å². The van der Waals surface area contributed by atoms with Crippen LogP contribution in [0.5, 0.6) is 0 Å². The summed E-state index contributed by atoms with van der Waals surface area (Å²) in [5, 5.41) is 4.72. The van der Waals surface area contributed by atoms with Gasteiger partial charge in [-0.15, -0.1) is 0 Å². The number of nitrogens with zero attached hydrogens (tertiary/aromatic N) is 2. The second-order valence-electron chi connectivity index (χ2n) is 6.95. The van der Waals surface area contributed by atoms with Crippen molar-refractivity contribution in [2.24, 2.45) is 0 Å². The monoisotopic (exact) mass is 401 g/mol. The first-order valence-corrected chi connectivity index (χ1v) is 9.82. The summed E-state index contributed by atoms with van der Waals surface area (Å²) in [6.07, 6.45) is 0. The Balaban J connectivity index is 1.60. The Labute approximate surface area is 171 Å². The molecule has 0 atom stereocenters. The van der Waals surface area contributed by atoms with E-state index in [1.54, 1.807) is 6.92 Å². The van der Waals surface area contributed by atoms with Gasteiger partial charge in [0.15, 0.2) is 10.9 Å². The summed E-state index contributed by atoms with van der Waals surface area (Å²) in [6.45, 7) is 9.08. The number of halogens is 1. The van der Waals surface area contributed by atoms with Gasteiger partial charge in [-0.2, -0.15) is 0 Å². The van der Waals surface area contributed by atoms with E-state index < -0.39 is 0 Å². The molecule has 0 amide bonds. The normalized spacial score (nSPS) is 14.2. The maximum Gasteiger partial charge on any atom is 0.173 e. The highest BCUT2D eigenvalue weighted by molar-refractivity contribution is 7.80. The second kappa shape index (κ2) is 8.28. The predicted octanol–water partition coefficient (Wildman–Crippen LogP) is 4.68. The van der Waals surface area contributed by atoms with Crippen molar-refractivity contribution in [1.82, 2.24) is 4.90 Å². The molecule has 1 heterocycles. The molecule has 6 heteroatoms. The molecule has 4 nitrogen and oxygen atoms in total. The van der Waals surface area contributed by atoms with Gasteiger partial charge in [0, 0.05) is 37.4 Å². The van der Waals surface area contributed by atoms with E-state index in [4.69, 9.17) is 23.8 Å². The number of aryl methyl sites for hydroxylation is 2. The molecule has 0 aromatic heterocycles. The molecule has 0 aliphatic carbocycles. The van der Waals surface area contributed by atoms with Crippen LogP contribution in [0.4, 0.5) is 11.4 Å². The maximum absolute atomic E-state index is 11.4. The highest BCUT2D eigenvalue weighted by atomic mass is 35.5. The van der Waals surface area contributed by atoms with Crippen LogP contribution in [0.25, 0.3) is 0 Å². The van der Waals surface area contributed by atoms with Crippen LogP contribution in [0, 0.1) is 13.8 Å². The molecule has 1 N–H and O–H groups in total. The number of nitrogens with one attached hydrogen (secondary N) is 1. The second-order valence-corrected chi connectivity index (χ2v) is 7.74. The lowest BCUT2D eigenvalue weighted by Crippen LogP contribution is -2.50. The number of carbonyl (C=O) groups excluding carboxylic acids is 1. The third kappa shape index (κ3) is 4.60. The van der Waals surface area contributed by atoms with E-state index in [1.165, 1.54) is 0 Å². The Kier molecular flexibility index (Phi) is 6.02. The van der Waals surface area contributed by atoms with Gasteiger partial charge in [0.1, 0.15) is 0 Å². The fourth-order valence-corrected chi connectivity index (χ4v) is 3.99. The van der Waals surface area contributed by atoms with Crippen LogP contribution < -0.4 is 10.2 Å². The first-order valence-electron chi connectivity index (χ1n) is 9.04. The van der Waals surface area contributed by atoms with Gasteiger partial charge in [0.25, 0.3) is 0 Å². The van der Waals surface area contributed by atoms with Crippen molar-refractivity contribution in [2.75, 3.05) is 36.4 Å². The average Bonchev–Trinajstić information content (AvgIpc) is 2.64. The van der Waals surface area contributed by atoms with Crippen LogP contribution in [-0.2, 0) is 0 Å². The van der Waals surface area contributed by atoms with Crippen LogP contribution in [0.15, 0.2) is 36.4 Å². The van der Waals surface area contributed by atoms with E-state index in [9.17, 15) is 4.79 Å². The van der Waals surface area contributed by atoms with Gasteiger partial charge in [0.05, 0.1) is 10.7 Å². The van der Waals surface area contributed by atoms with Crippen molar-refractivity contribution in [3.63, 3.8) is 0 Å². The van der Waals surface area contributed by atoms with E-state index >= 15 is 0 Å². The van der Waals surface area contributed by atoms with Crippen LogP contribution in [0.1, 0.15) is 28.4 Å². The minimum Gasteiger partial charge on any atom is -0.368 e. The van der Waals surface area contributed by atoms with Crippen molar-refractivity contribution in [1.29, 1.82) is 0 Å². The Morgan fingerprint density at radius 2 is 1.70 bits per heavy atom. The van der Waals surface area contributed by atoms with E-state index in [0.29, 0.717) is 10.1 Å². The molecule has 142 valence electrons. The molecule has 1 fully saturated rings. The molecule has 0 unspecified atom stereocenters. The number of rotatable bonds is 3. The lowest BCUT2D eigenvalue weighted by atomic mass is 10.1. The average molecular weight is 402 g/mol. The predicted molar refractivity (Wildman–Crippen MR) is 117 cm³/mol. The summed E-state index contributed by atoms with van der Waals surface area (Å²) in [5.74, 6) is 0.0906. The Bertz CT molecular complexity index is 835. The number of hydrogen-bond acceptors (Lipinski definition) is 3. The SMILES string of the molecule is CC(=O)c1ccc(N2CCN(C(=S)Nc3c(C)cc(C)cc3Cl)CC2)cc1.